The number of hydrogen-bond donors (Lipinski definition) is 0. The molecule has 0 nitrogen and oxygen atoms in total. The average Bonchev–Trinajstić information content (AvgIpc) is 2.65. The second-order valence-corrected chi connectivity index (χ2v) is 9.82. The van der Waals surface area contributed by atoms with E-state index in [1.807, 2.05) is 11.8 Å². The van der Waals surface area contributed by atoms with E-state index in [0.29, 0.717) is 9.65 Å². The Morgan fingerprint density at radius 3 is 1.36 bits per heavy atom. The third-order valence-electron chi connectivity index (χ3n) is 4.34. The van der Waals surface area contributed by atoms with E-state index in [0.717, 1.165) is 0 Å². The van der Waals surface area contributed by atoms with Crippen LogP contribution in [-0.2, 0) is 0 Å². The fraction of sp³-hybridized carbons (Fsp3) is 0.455. The van der Waals surface area contributed by atoms with Crippen molar-refractivity contribution in [2.75, 3.05) is 0 Å². The van der Waals surface area contributed by atoms with E-state index in [1.54, 1.807) is 0 Å². The maximum absolute atomic E-state index is 3.81. The Morgan fingerprint density at radius 1 is 0.680 bits per heavy atom. The molecule has 2 atom stereocenters. The van der Waals surface area contributed by atoms with Crippen molar-refractivity contribution < 1.29 is 0 Å². The molecule has 0 radical (unpaired) electrons. The van der Waals surface area contributed by atoms with Gasteiger partial charge in [-0.3, -0.25) is 0 Å². The minimum absolute atomic E-state index is 0.477. The maximum Gasteiger partial charge on any atom is 0.0395 e. The summed E-state index contributed by atoms with van der Waals surface area (Å²) in [5.41, 5.74) is 2.76. The summed E-state index contributed by atoms with van der Waals surface area (Å²) < 4.78 is 0. The molecular weight excluding hydrogens is 456 g/mol. The largest absolute Gasteiger partial charge is 0.0901 e. The zero-order chi connectivity index (χ0) is 18.1. The molecule has 0 aliphatic carbocycles. The first-order valence-electron chi connectivity index (χ1n) is 9.30. The van der Waals surface area contributed by atoms with Gasteiger partial charge in [0.25, 0.3) is 0 Å². The normalized spacial score (nSPS) is 13.6. The molecule has 2 aromatic carbocycles. The molecule has 0 amide bonds. The van der Waals surface area contributed by atoms with Crippen LogP contribution in [0, 0.1) is 0 Å². The highest BCUT2D eigenvalue weighted by Gasteiger charge is 2.08. The summed E-state index contributed by atoms with van der Waals surface area (Å²) in [6, 6.07) is 18.0. The quantitative estimate of drug-likeness (QED) is 0.303. The molecule has 0 aliphatic rings. The van der Waals surface area contributed by atoms with Crippen LogP contribution in [0.15, 0.2) is 58.3 Å². The molecule has 0 saturated heterocycles. The zero-order valence-corrected chi connectivity index (χ0v) is 19.2. The van der Waals surface area contributed by atoms with Gasteiger partial charge in [-0.05, 0) is 48.2 Å². The minimum atomic E-state index is 0.477. The van der Waals surface area contributed by atoms with Crippen molar-refractivity contribution in [2.45, 2.75) is 71.8 Å². The highest BCUT2D eigenvalue weighted by atomic mass is 79.9. The Balaban J connectivity index is 1.93. The average molecular weight is 484 g/mol. The van der Waals surface area contributed by atoms with Crippen LogP contribution in [0.25, 0.3) is 0 Å². The summed E-state index contributed by atoms with van der Waals surface area (Å²) in [6.07, 6.45) is 7.45. The Kier molecular flexibility index (Phi) is 9.65. The van der Waals surface area contributed by atoms with Crippen molar-refractivity contribution in [1.29, 1.82) is 0 Å². The van der Waals surface area contributed by atoms with Gasteiger partial charge in [0.1, 0.15) is 0 Å². The Hall–Kier alpha value is -0.250. The predicted molar refractivity (Wildman–Crippen MR) is 119 cm³/mol. The first-order valence-corrected chi connectivity index (χ1v) is 11.9. The summed E-state index contributed by atoms with van der Waals surface area (Å²) in [5.74, 6) is 0. The predicted octanol–water partition coefficient (Wildman–Crippen LogP) is 9.09. The number of rotatable bonds is 10. The number of halogens is 2. The number of hydrogen-bond acceptors (Lipinski definition) is 1. The van der Waals surface area contributed by atoms with Gasteiger partial charge in [0, 0.05) is 19.4 Å². The molecule has 0 aromatic heterocycles. The lowest BCUT2D eigenvalue weighted by Gasteiger charge is -2.11. The van der Waals surface area contributed by atoms with Crippen LogP contribution in [-0.4, -0.2) is 0 Å². The molecule has 0 aliphatic heterocycles. The van der Waals surface area contributed by atoms with Crippen LogP contribution in [0.3, 0.4) is 0 Å². The van der Waals surface area contributed by atoms with Crippen molar-refractivity contribution >= 4 is 43.6 Å². The van der Waals surface area contributed by atoms with Crippen molar-refractivity contribution in [3.8, 4) is 0 Å². The molecule has 0 bridgehead atoms. The topological polar surface area (TPSA) is 0 Å². The van der Waals surface area contributed by atoms with E-state index in [1.165, 1.54) is 59.4 Å². The number of alkyl halides is 2. The summed E-state index contributed by atoms with van der Waals surface area (Å²) in [5, 5.41) is 0. The fourth-order valence-corrected chi connectivity index (χ4v) is 4.80. The first-order chi connectivity index (χ1) is 12.1. The Labute approximate surface area is 174 Å². The molecule has 2 unspecified atom stereocenters. The number of unbranched alkanes of at least 4 members (excludes halogenated alkanes) is 2. The number of benzene rings is 2. The van der Waals surface area contributed by atoms with Crippen LogP contribution in [0.2, 0.25) is 0 Å². The molecule has 25 heavy (non-hydrogen) atoms. The van der Waals surface area contributed by atoms with Crippen LogP contribution >= 0.6 is 43.6 Å². The summed E-state index contributed by atoms with van der Waals surface area (Å²) in [7, 11) is 0. The standard InChI is InChI=1S/C22H28Br2S/c1-3-5-7-21(23)17-9-13-19(14-10-17)25-20-15-11-18(12-16-20)22(24)8-6-4-2/h9-16,21-22H,3-8H2,1-2H3. The van der Waals surface area contributed by atoms with Crippen molar-refractivity contribution in [2.24, 2.45) is 0 Å². The maximum atomic E-state index is 3.81. The molecule has 0 heterocycles. The highest BCUT2D eigenvalue weighted by Crippen LogP contribution is 2.34. The summed E-state index contributed by atoms with van der Waals surface area (Å²) >= 11 is 9.45. The molecule has 136 valence electrons. The fourth-order valence-electron chi connectivity index (χ4n) is 2.73. The van der Waals surface area contributed by atoms with E-state index < -0.39 is 0 Å². The van der Waals surface area contributed by atoms with Crippen molar-refractivity contribution in [3.63, 3.8) is 0 Å². The van der Waals surface area contributed by atoms with Gasteiger partial charge in [-0.1, -0.05) is 107 Å². The van der Waals surface area contributed by atoms with Gasteiger partial charge < -0.3 is 0 Å². The van der Waals surface area contributed by atoms with Crippen LogP contribution in [0.5, 0.6) is 0 Å². The monoisotopic (exact) mass is 482 g/mol. The first kappa shape index (κ1) is 21.1. The third-order valence-corrected chi connectivity index (χ3v) is 7.33. The molecule has 0 N–H and O–H groups in total. The van der Waals surface area contributed by atoms with E-state index in [9.17, 15) is 0 Å². The minimum Gasteiger partial charge on any atom is -0.0901 e. The van der Waals surface area contributed by atoms with E-state index in [4.69, 9.17) is 0 Å². The molecular formula is C22H28Br2S. The lowest BCUT2D eigenvalue weighted by Crippen LogP contribution is -1.90. The van der Waals surface area contributed by atoms with Crippen LogP contribution in [0.4, 0.5) is 0 Å². The van der Waals surface area contributed by atoms with Gasteiger partial charge in [0.05, 0.1) is 0 Å². The molecule has 2 aromatic rings. The van der Waals surface area contributed by atoms with Crippen molar-refractivity contribution in [3.05, 3.63) is 59.7 Å². The molecule has 0 saturated carbocycles. The van der Waals surface area contributed by atoms with Gasteiger partial charge in [-0.2, -0.15) is 0 Å². The Bertz CT molecular complexity index is 551. The molecule has 3 heteroatoms. The van der Waals surface area contributed by atoms with Gasteiger partial charge in [-0.25, -0.2) is 0 Å². The van der Waals surface area contributed by atoms with Gasteiger partial charge >= 0.3 is 0 Å². The van der Waals surface area contributed by atoms with Gasteiger partial charge in [0.2, 0.25) is 0 Å². The Morgan fingerprint density at radius 2 is 1.04 bits per heavy atom. The van der Waals surface area contributed by atoms with E-state index in [-0.39, 0.29) is 0 Å². The van der Waals surface area contributed by atoms with E-state index >= 15 is 0 Å². The summed E-state index contributed by atoms with van der Waals surface area (Å²) in [6.45, 7) is 4.48. The molecule has 0 spiro atoms. The molecule has 2 rings (SSSR count). The SMILES string of the molecule is CCCCC(Br)c1ccc(Sc2ccc(C(Br)CCCC)cc2)cc1. The lowest BCUT2D eigenvalue weighted by molar-refractivity contribution is 0.713. The second-order valence-electron chi connectivity index (χ2n) is 6.46. The van der Waals surface area contributed by atoms with Gasteiger partial charge in [0.15, 0.2) is 0 Å². The second kappa shape index (κ2) is 11.5. The highest BCUT2D eigenvalue weighted by molar-refractivity contribution is 9.09. The zero-order valence-electron chi connectivity index (χ0n) is 15.2. The van der Waals surface area contributed by atoms with Crippen LogP contribution < -0.4 is 0 Å². The van der Waals surface area contributed by atoms with Crippen LogP contribution in [0.1, 0.15) is 73.2 Å². The van der Waals surface area contributed by atoms with Gasteiger partial charge in [-0.15, -0.1) is 0 Å². The van der Waals surface area contributed by atoms with E-state index in [2.05, 4.69) is 94.2 Å². The lowest BCUT2D eigenvalue weighted by atomic mass is 10.1. The third kappa shape index (κ3) is 7.11. The molecule has 0 fully saturated rings. The summed E-state index contributed by atoms with van der Waals surface area (Å²) in [4.78, 5) is 3.55. The smallest absolute Gasteiger partial charge is 0.0395 e. The van der Waals surface area contributed by atoms with Crippen molar-refractivity contribution in [1.82, 2.24) is 0 Å².